The van der Waals surface area contributed by atoms with Crippen LogP contribution in [-0.2, 0) is 16.1 Å². The van der Waals surface area contributed by atoms with Gasteiger partial charge in [-0.15, -0.1) is 0 Å². The van der Waals surface area contributed by atoms with Gasteiger partial charge in [0.2, 0.25) is 5.91 Å². The smallest absolute Gasteiger partial charge is 0.223 e. The molecule has 2 aliphatic rings. The van der Waals surface area contributed by atoms with Crippen molar-refractivity contribution in [3.8, 4) is 0 Å². The Morgan fingerprint density at radius 3 is 3.10 bits per heavy atom. The highest BCUT2D eigenvalue weighted by Gasteiger charge is 2.35. The summed E-state index contributed by atoms with van der Waals surface area (Å²) >= 11 is 0. The maximum atomic E-state index is 11.7. The Kier molecular flexibility index (Phi) is 3.89. The maximum absolute atomic E-state index is 11.7. The highest BCUT2D eigenvalue weighted by molar-refractivity contribution is 5.79. The Balaban J connectivity index is 1.80. The number of hydrogen-bond donors (Lipinski definition) is 2. The minimum absolute atomic E-state index is 0.270. The first kappa shape index (κ1) is 14.0. The Morgan fingerprint density at radius 1 is 1.48 bits per heavy atom. The topological polar surface area (TPSA) is 96.6 Å². The third kappa shape index (κ3) is 2.77. The van der Waals surface area contributed by atoms with Gasteiger partial charge in [0.05, 0.1) is 0 Å². The van der Waals surface area contributed by atoms with Crippen LogP contribution < -0.4 is 16.2 Å². The van der Waals surface area contributed by atoms with E-state index in [0.717, 1.165) is 31.9 Å². The fourth-order valence-electron chi connectivity index (χ4n) is 2.99. The number of aromatic nitrogens is 2. The number of nitrogens with two attached hydrogens (primary N) is 1. The summed E-state index contributed by atoms with van der Waals surface area (Å²) in [5, 5.41) is 0. The van der Waals surface area contributed by atoms with Crippen molar-refractivity contribution in [3.63, 3.8) is 0 Å². The van der Waals surface area contributed by atoms with E-state index in [1.165, 1.54) is 0 Å². The van der Waals surface area contributed by atoms with Crippen molar-refractivity contribution in [1.82, 2.24) is 14.9 Å². The van der Waals surface area contributed by atoms with Crippen LogP contribution in [0.5, 0.6) is 0 Å². The largest absolute Gasteiger partial charge is 0.377 e. The predicted molar refractivity (Wildman–Crippen MR) is 77.5 cm³/mol. The van der Waals surface area contributed by atoms with E-state index < -0.39 is 0 Å². The molecule has 114 valence electrons. The molecular weight excluding hydrogens is 272 g/mol. The van der Waals surface area contributed by atoms with E-state index in [1.54, 1.807) is 7.11 Å². The first-order valence-corrected chi connectivity index (χ1v) is 7.09. The summed E-state index contributed by atoms with van der Waals surface area (Å²) in [5.74, 6) is 7.72. The van der Waals surface area contributed by atoms with Crippen LogP contribution in [0.2, 0.25) is 0 Å². The lowest BCUT2D eigenvalue weighted by atomic mass is 10.1. The van der Waals surface area contributed by atoms with Gasteiger partial charge in [-0.1, -0.05) is 0 Å². The highest BCUT2D eigenvalue weighted by atomic mass is 16.5. The normalized spacial score (nSPS) is 21.6. The first-order chi connectivity index (χ1) is 10.2. The average Bonchev–Trinajstić information content (AvgIpc) is 2.88. The molecule has 1 atom stereocenters. The van der Waals surface area contributed by atoms with Crippen molar-refractivity contribution >= 4 is 17.5 Å². The summed E-state index contributed by atoms with van der Waals surface area (Å²) in [6.45, 7) is 2.66. The Hall–Kier alpha value is -1.93. The number of piperazine rings is 1. The first-order valence-electron chi connectivity index (χ1n) is 7.09. The lowest BCUT2D eigenvalue weighted by Gasteiger charge is -2.38. The van der Waals surface area contributed by atoms with Gasteiger partial charge in [-0.2, -0.15) is 0 Å². The summed E-state index contributed by atoms with van der Waals surface area (Å²) in [7, 11) is 1.61. The Labute approximate surface area is 123 Å². The molecule has 2 fully saturated rings. The minimum atomic E-state index is 0.270. The second-order valence-electron chi connectivity index (χ2n) is 5.33. The molecule has 0 aliphatic carbocycles. The van der Waals surface area contributed by atoms with Crippen LogP contribution in [0.15, 0.2) is 6.07 Å². The molecule has 2 aliphatic heterocycles. The van der Waals surface area contributed by atoms with Gasteiger partial charge in [-0.3, -0.25) is 4.79 Å². The number of fused-ring (bicyclic) bond motifs is 1. The van der Waals surface area contributed by atoms with Crippen LogP contribution in [0.1, 0.15) is 18.7 Å². The monoisotopic (exact) mass is 292 g/mol. The van der Waals surface area contributed by atoms with Gasteiger partial charge in [-0.05, 0) is 6.42 Å². The fourth-order valence-corrected chi connectivity index (χ4v) is 2.99. The average molecular weight is 292 g/mol. The quantitative estimate of drug-likeness (QED) is 0.582. The molecule has 1 aromatic rings. The van der Waals surface area contributed by atoms with Crippen molar-refractivity contribution in [2.45, 2.75) is 25.5 Å². The lowest BCUT2D eigenvalue weighted by molar-refractivity contribution is -0.129. The van der Waals surface area contributed by atoms with Crippen LogP contribution in [0.4, 0.5) is 11.6 Å². The maximum Gasteiger partial charge on any atom is 0.223 e. The number of hydrogen-bond acceptors (Lipinski definition) is 7. The Bertz CT molecular complexity index is 537. The molecule has 1 amide bonds. The molecule has 0 radical (unpaired) electrons. The standard InChI is InChI=1S/C13H20N6O2/c1-21-8-11-15-10(17-14)6-12(16-11)18-4-5-19-9(7-18)2-3-13(19)20/h6,9H,2-5,7-8,14H2,1H3,(H,15,16,17). The van der Waals surface area contributed by atoms with Gasteiger partial charge in [-0.25, -0.2) is 15.8 Å². The number of ether oxygens (including phenoxy) is 1. The molecule has 0 bridgehead atoms. The molecule has 21 heavy (non-hydrogen) atoms. The van der Waals surface area contributed by atoms with Crippen LogP contribution in [0.3, 0.4) is 0 Å². The molecule has 3 heterocycles. The summed E-state index contributed by atoms with van der Waals surface area (Å²) in [4.78, 5) is 24.7. The number of rotatable bonds is 4. The molecular formula is C13H20N6O2. The van der Waals surface area contributed by atoms with Crippen LogP contribution in [-0.4, -0.2) is 53.6 Å². The van der Waals surface area contributed by atoms with E-state index in [0.29, 0.717) is 30.7 Å². The van der Waals surface area contributed by atoms with Crippen molar-refractivity contribution in [2.75, 3.05) is 37.1 Å². The third-order valence-electron chi connectivity index (χ3n) is 4.00. The molecule has 1 unspecified atom stereocenters. The number of methoxy groups -OCH3 is 1. The van der Waals surface area contributed by atoms with Crippen LogP contribution in [0.25, 0.3) is 0 Å². The molecule has 0 aromatic carbocycles. The molecule has 8 heteroatoms. The zero-order valence-corrected chi connectivity index (χ0v) is 12.1. The summed E-state index contributed by atoms with van der Waals surface area (Å²) in [6, 6.07) is 2.12. The zero-order valence-electron chi connectivity index (χ0n) is 12.1. The van der Waals surface area contributed by atoms with Crippen molar-refractivity contribution in [1.29, 1.82) is 0 Å². The van der Waals surface area contributed by atoms with Gasteiger partial charge in [0.15, 0.2) is 5.82 Å². The number of nitrogens with one attached hydrogen (secondary N) is 1. The highest BCUT2D eigenvalue weighted by Crippen LogP contribution is 2.26. The van der Waals surface area contributed by atoms with Gasteiger partial charge < -0.3 is 20.0 Å². The van der Waals surface area contributed by atoms with Crippen molar-refractivity contribution in [3.05, 3.63) is 11.9 Å². The second-order valence-corrected chi connectivity index (χ2v) is 5.33. The predicted octanol–water partition coefficient (Wildman–Crippen LogP) is -0.280. The molecule has 3 N–H and O–H groups in total. The zero-order chi connectivity index (χ0) is 14.8. The van der Waals surface area contributed by atoms with Crippen LogP contribution in [0, 0.1) is 0 Å². The second kappa shape index (κ2) is 5.82. The van der Waals surface area contributed by atoms with E-state index in [-0.39, 0.29) is 5.91 Å². The van der Waals surface area contributed by atoms with Crippen molar-refractivity contribution < 1.29 is 9.53 Å². The molecule has 0 spiro atoms. The van der Waals surface area contributed by atoms with Gasteiger partial charge in [0.1, 0.15) is 18.2 Å². The van der Waals surface area contributed by atoms with Gasteiger partial charge >= 0.3 is 0 Å². The van der Waals surface area contributed by atoms with Crippen molar-refractivity contribution in [2.24, 2.45) is 5.84 Å². The van der Waals surface area contributed by atoms with E-state index in [4.69, 9.17) is 10.6 Å². The summed E-state index contributed by atoms with van der Waals surface area (Å²) in [6.07, 6.45) is 1.58. The lowest BCUT2D eigenvalue weighted by Crippen LogP contribution is -2.51. The Morgan fingerprint density at radius 2 is 2.33 bits per heavy atom. The molecule has 8 nitrogen and oxygen atoms in total. The van der Waals surface area contributed by atoms with E-state index >= 15 is 0 Å². The number of nitrogen functional groups attached to an aromatic ring is 1. The van der Waals surface area contributed by atoms with Gasteiger partial charge in [0, 0.05) is 45.3 Å². The van der Waals surface area contributed by atoms with E-state index in [2.05, 4.69) is 20.3 Å². The minimum Gasteiger partial charge on any atom is -0.377 e. The number of hydrazine groups is 1. The van der Waals surface area contributed by atoms with Crippen LogP contribution >= 0.6 is 0 Å². The number of nitrogens with zero attached hydrogens (tertiary/aromatic N) is 4. The molecule has 3 rings (SSSR count). The summed E-state index contributed by atoms with van der Waals surface area (Å²) < 4.78 is 5.09. The molecule has 2 saturated heterocycles. The molecule has 1 aromatic heterocycles. The molecule has 0 saturated carbocycles. The summed E-state index contributed by atoms with van der Waals surface area (Å²) in [5.41, 5.74) is 2.56. The number of amides is 1. The van der Waals surface area contributed by atoms with E-state index in [1.807, 2.05) is 11.0 Å². The number of anilines is 2. The number of carbonyl (C=O) groups is 1. The number of carbonyl (C=O) groups excluding carboxylic acids is 1. The van der Waals surface area contributed by atoms with Gasteiger partial charge in [0.25, 0.3) is 0 Å². The fraction of sp³-hybridized carbons (Fsp3) is 0.615. The third-order valence-corrected chi connectivity index (χ3v) is 4.00. The SMILES string of the molecule is COCc1nc(NN)cc(N2CCN3C(=O)CCC3C2)n1. The van der Waals surface area contributed by atoms with E-state index in [9.17, 15) is 4.79 Å².